The summed E-state index contributed by atoms with van der Waals surface area (Å²) in [6.07, 6.45) is 9.32. The fourth-order valence-corrected chi connectivity index (χ4v) is 2.90. The standard InChI is InChI=1S/C16H26N4O2/c1-3-4-8-18-15(22)16(2)7-6-14(21)20(16)11-5-10-19-12-9-17-13-19/h9,12-13H,3-8,10-11H2,1-2H3,(H,18,22). The number of nitrogens with zero attached hydrogens (tertiary/aromatic N) is 3. The largest absolute Gasteiger partial charge is 0.354 e. The Bertz CT molecular complexity index is 500. The second kappa shape index (κ2) is 7.42. The molecule has 1 aliphatic heterocycles. The van der Waals surface area contributed by atoms with Crippen molar-refractivity contribution in [2.24, 2.45) is 0 Å². The van der Waals surface area contributed by atoms with E-state index < -0.39 is 5.54 Å². The van der Waals surface area contributed by atoms with Crippen LogP contribution in [-0.2, 0) is 16.1 Å². The molecule has 0 aliphatic carbocycles. The molecular formula is C16H26N4O2. The van der Waals surface area contributed by atoms with Gasteiger partial charge in [-0.05, 0) is 26.2 Å². The quantitative estimate of drug-likeness (QED) is 0.741. The lowest BCUT2D eigenvalue weighted by atomic mass is 9.97. The van der Waals surface area contributed by atoms with E-state index in [-0.39, 0.29) is 11.8 Å². The summed E-state index contributed by atoms with van der Waals surface area (Å²) in [5.74, 6) is 0.0632. The lowest BCUT2D eigenvalue weighted by Gasteiger charge is -2.34. The highest BCUT2D eigenvalue weighted by Gasteiger charge is 2.46. The van der Waals surface area contributed by atoms with Crippen molar-refractivity contribution in [2.75, 3.05) is 13.1 Å². The molecular weight excluding hydrogens is 280 g/mol. The predicted octanol–water partition coefficient (Wildman–Crippen LogP) is 1.57. The zero-order chi connectivity index (χ0) is 16.0. The smallest absolute Gasteiger partial charge is 0.245 e. The summed E-state index contributed by atoms with van der Waals surface area (Å²) in [5.41, 5.74) is -0.695. The maximum absolute atomic E-state index is 12.5. The molecule has 1 fully saturated rings. The highest BCUT2D eigenvalue weighted by atomic mass is 16.2. The van der Waals surface area contributed by atoms with E-state index in [1.807, 2.05) is 17.7 Å². The number of carbonyl (C=O) groups excluding carboxylic acids is 2. The van der Waals surface area contributed by atoms with Crippen LogP contribution in [0, 0.1) is 0 Å². The van der Waals surface area contributed by atoms with E-state index in [1.165, 1.54) is 0 Å². The van der Waals surface area contributed by atoms with Crippen molar-refractivity contribution >= 4 is 11.8 Å². The van der Waals surface area contributed by atoms with Crippen LogP contribution >= 0.6 is 0 Å². The van der Waals surface area contributed by atoms with Crippen LogP contribution in [0.4, 0.5) is 0 Å². The van der Waals surface area contributed by atoms with Crippen LogP contribution in [0.2, 0.25) is 0 Å². The second-order valence-electron chi connectivity index (χ2n) is 6.08. The summed E-state index contributed by atoms with van der Waals surface area (Å²) in [7, 11) is 0. The zero-order valence-electron chi connectivity index (χ0n) is 13.5. The fourth-order valence-electron chi connectivity index (χ4n) is 2.90. The van der Waals surface area contributed by atoms with Gasteiger partial charge in [0.2, 0.25) is 11.8 Å². The molecule has 1 saturated heterocycles. The molecule has 0 spiro atoms. The van der Waals surface area contributed by atoms with Crippen molar-refractivity contribution in [3.63, 3.8) is 0 Å². The molecule has 1 N–H and O–H groups in total. The van der Waals surface area contributed by atoms with E-state index in [9.17, 15) is 9.59 Å². The Morgan fingerprint density at radius 2 is 2.23 bits per heavy atom. The van der Waals surface area contributed by atoms with Crippen LogP contribution < -0.4 is 5.32 Å². The van der Waals surface area contributed by atoms with Crippen LogP contribution in [0.1, 0.15) is 46.0 Å². The number of imidazole rings is 1. The minimum absolute atomic E-state index is 0.0190. The molecule has 0 aromatic carbocycles. The maximum Gasteiger partial charge on any atom is 0.245 e. The van der Waals surface area contributed by atoms with Crippen molar-refractivity contribution in [2.45, 2.75) is 58.0 Å². The van der Waals surface area contributed by atoms with Gasteiger partial charge in [0.15, 0.2) is 0 Å². The maximum atomic E-state index is 12.5. The SMILES string of the molecule is CCCCNC(=O)C1(C)CCC(=O)N1CCCn1ccnc1. The first-order valence-corrected chi connectivity index (χ1v) is 8.12. The number of rotatable bonds is 8. The number of likely N-dealkylation sites (tertiary alicyclic amines) is 1. The summed E-state index contributed by atoms with van der Waals surface area (Å²) < 4.78 is 1.99. The normalized spacial score (nSPS) is 21.4. The fraction of sp³-hybridized carbons (Fsp3) is 0.688. The number of hydrogen-bond donors (Lipinski definition) is 1. The molecule has 2 amide bonds. The first kappa shape index (κ1) is 16.5. The molecule has 0 saturated carbocycles. The number of unbranched alkanes of at least 4 members (excludes halogenated alkanes) is 1. The second-order valence-corrected chi connectivity index (χ2v) is 6.08. The van der Waals surface area contributed by atoms with Gasteiger partial charge in [0, 0.05) is 38.4 Å². The highest BCUT2D eigenvalue weighted by Crippen LogP contribution is 2.30. The Morgan fingerprint density at radius 3 is 2.91 bits per heavy atom. The Morgan fingerprint density at radius 1 is 1.41 bits per heavy atom. The van der Waals surface area contributed by atoms with Gasteiger partial charge >= 0.3 is 0 Å². The number of hydrogen-bond acceptors (Lipinski definition) is 3. The van der Waals surface area contributed by atoms with Crippen LogP contribution in [0.3, 0.4) is 0 Å². The molecule has 1 unspecified atom stereocenters. The first-order chi connectivity index (χ1) is 10.6. The van der Waals surface area contributed by atoms with Gasteiger partial charge in [-0.25, -0.2) is 4.98 Å². The van der Waals surface area contributed by atoms with Crippen LogP contribution in [0.5, 0.6) is 0 Å². The van der Waals surface area contributed by atoms with Gasteiger partial charge in [0.05, 0.1) is 6.33 Å². The van der Waals surface area contributed by atoms with E-state index in [1.54, 1.807) is 17.4 Å². The molecule has 0 radical (unpaired) electrons. The third-order valence-corrected chi connectivity index (χ3v) is 4.38. The average Bonchev–Trinajstić information content (AvgIpc) is 3.11. The van der Waals surface area contributed by atoms with E-state index in [4.69, 9.17) is 0 Å². The Labute approximate surface area is 131 Å². The monoisotopic (exact) mass is 306 g/mol. The van der Waals surface area contributed by atoms with Gasteiger partial charge in [-0.2, -0.15) is 0 Å². The number of carbonyl (C=O) groups is 2. The van der Waals surface area contributed by atoms with Crippen LogP contribution in [0.15, 0.2) is 18.7 Å². The van der Waals surface area contributed by atoms with E-state index in [2.05, 4.69) is 17.2 Å². The zero-order valence-corrected chi connectivity index (χ0v) is 13.5. The Hall–Kier alpha value is -1.85. The number of aryl methyl sites for hydroxylation is 1. The lowest BCUT2D eigenvalue weighted by Crippen LogP contribution is -2.55. The van der Waals surface area contributed by atoms with E-state index in [0.29, 0.717) is 25.9 Å². The molecule has 6 nitrogen and oxygen atoms in total. The number of amides is 2. The van der Waals surface area contributed by atoms with Gasteiger partial charge in [-0.3, -0.25) is 9.59 Å². The van der Waals surface area contributed by atoms with Gasteiger partial charge < -0.3 is 14.8 Å². The molecule has 1 aromatic heterocycles. The van der Waals surface area contributed by atoms with Gasteiger partial charge in [0.1, 0.15) is 5.54 Å². The molecule has 122 valence electrons. The number of aromatic nitrogens is 2. The molecule has 1 aromatic rings. The Kier molecular flexibility index (Phi) is 5.57. The summed E-state index contributed by atoms with van der Waals surface area (Å²) in [4.78, 5) is 30.4. The summed E-state index contributed by atoms with van der Waals surface area (Å²) in [6, 6.07) is 0. The summed E-state index contributed by atoms with van der Waals surface area (Å²) in [5, 5.41) is 2.97. The average molecular weight is 306 g/mol. The molecule has 1 atom stereocenters. The van der Waals surface area contributed by atoms with Gasteiger partial charge in [0.25, 0.3) is 0 Å². The molecule has 0 bridgehead atoms. The van der Waals surface area contributed by atoms with Crippen LogP contribution in [0.25, 0.3) is 0 Å². The first-order valence-electron chi connectivity index (χ1n) is 8.12. The van der Waals surface area contributed by atoms with E-state index in [0.717, 1.165) is 25.8 Å². The minimum Gasteiger partial charge on any atom is -0.354 e. The van der Waals surface area contributed by atoms with E-state index >= 15 is 0 Å². The topological polar surface area (TPSA) is 67.2 Å². The molecule has 1 aliphatic rings. The van der Waals surface area contributed by atoms with Crippen molar-refractivity contribution in [1.29, 1.82) is 0 Å². The van der Waals surface area contributed by atoms with Crippen molar-refractivity contribution in [1.82, 2.24) is 19.8 Å². The minimum atomic E-state index is -0.695. The van der Waals surface area contributed by atoms with Gasteiger partial charge in [-0.1, -0.05) is 13.3 Å². The molecule has 2 heterocycles. The van der Waals surface area contributed by atoms with Crippen molar-refractivity contribution in [3.05, 3.63) is 18.7 Å². The molecule has 2 rings (SSSR count). The van der Waals surface area contributed by atoms with Crippen molar-refractivity contribution in [3.8, 4) is 0 Å². The van der Waals surface area contributed by atoms with Gasteiger partial charge in [-0.15, -0.1) is 0 Å². The van der Waals surface area contributed by atoms with Crippen molar-refractivity contribution < 1.29 is 9.59 Å². The third kappa shape index (κ3) is 3.67. The molecule has 22 heavy (non-hydrogen) atoms. The summed E-state index contributed by atoms with van der Waals surface area (Å²) in [6.45, 7) is 6.07. The third-order valence-electron chi connectivity index (χ3n) is 4.38. The lowest BCUT2D eigenvalue weighted by molar-refractivity contribution is -0.140. The van der Waals surface area contributed by atoms with Crippen LogP contribution in [-0.4, -0.2) is 44.9 Å². The highest BCUT2D eigenvalue weighted by molar-refractivity contribution is 5.94. The molecule has 6 heteroatoms. The Balaban J connectivity index is 1.91. The predicted molar refractivity (Wildman–Crippen MR) is 84.1 cm³/mol. The number of nitrogens with one attached hydrogen (secondary N) is 1. The summed E-state index contributed by atoms with van der Waals surface area (Å²) >= 11 is 0.